The molecule has 2 aromatic carbocycles. The van der Waals surface area contributed by atoms with Gasteiger partial charge >= 0.3 is 0 Å². The van der Waals surface area contributed by atoms with Crippen molar-refractivity contribution in [2.75, 3.05) is 32.1 Å². The van der Waals surface area contributed by atoms with Gasteiger partial charge in [0.15, 0.2) is 6.61 Å². The summed E-state index contributed by atoms with van der Waals surface area (Å²) in [5.74, 6) is 0.638. The minimum atomic E-state index is -0.287. The second-order valence-corrected chi connectivity index (χ2v) is 6.72. The molecule has 0 aromatic heterocycles. The lowest BCUT2D eigenvalue weighted by atomic mass is 10.3. The number of anilines is 1. The summed E-state index contributed by atoms with van der Waals surface area (Å²) in [6.07, 6.45) is 0.742. The van der Waals surface area contributed by atoms with E-state index < -0.39 is 0 Å². The second-order valence-electron chi connectivity index (χ2n) is 5.81. The number of carbonyl (C=O) groups excluding carboxylic acids is 2. The summed E-state index contributed by atoms with van der Waals surface area (Å²) >= 11 is 3.35. The van der Waals surface area contributed by atoms with E-state index in [0.717, 1.165) is 10.9 Å². The van der Waals surface area contributed by atoms with E-state index in [2.05, 4.69) is 21.2 Å². The van der Waals surface area contributed by atoms with E-state index in [1.165, 1.54) is 12.0 Å². The number of para-hydroxylation sites is 2. The molecule has 144 valence electrons. The largest absolute Gasteiger partial charge is 0.495 e. The van der Waals surface area contributed by atoms with Crippen molar-refractivity contribution in [1.82, 2.24) is 4.90 Å². The summed E-state index contributed by atoms with van der Waals surface area (Å²) in [6, 6.07) is 14.4. The molecule has 2 rings (SSSR count). The summed E-state index contributed by atoms with van der Waals surface area (Å²) in [5, 5.41) is 2.78. The first-order valence-electron chi connectivity index (χ1n) is 8.62. The van der Waals surface area contributed by atoms with Crippen molar-refractivity contribution >= 4 is 33.4 Å². The Hall–Kier alpha value is -2.54. The highest BCUT2D eigenvalue weighted by molar-refractivity contribution is 9.10. The van der Waals surface area contributed by atoms with Gasteiger partial charge in [0, 0.05) is 11.0 Å². The number of nitrogens with one attached hydrogen (secondary N) is 1. The topological polar surface area (TPSA) is 67.9 Å². The first-order chi connectivity index (χ1) is 13.0. The molecule has 0 saturated carbocycles. The van der Waals surface area contributed by atoms with Crippen LogP contribution < -0.4 is 14.8 Å². The number of rotatable bonds is 9. The smallest absolute Gasteiger partial charge is 0.260 e. The number of hydrogen-bond donors (Lipinski definition) is 1. The van der Waals surface area contributed by atoms with Crippen molar-refractivity contribution in [2.24, 2.45) is 0 Å². The van der Waals surface area contributed by atoms with Crippen LogP contribution in [-0.2, 0) is 9.59 Å². The van der Waals surface area contributed by atoms with Gasteiger partial charge in [-0.2, -0.15) is 0 Å². The van der Waals surface area contributed by atoms with Crippen molar-refractivity contribution in [1.29, 1.82) is 0 Å². The Kier molecular flexibility index (Phi) is 8.13. The summed E-state index contributed by atoms with van der Waals surface area (Å²) < 4.78 is 11.7. The average Bonchev–Trinajstić information content (AvgIpc) is 2.67. The normalized spacial score (nSPS) is 10.2. The van der Waals surface area contributed by atoms with E-state index in [1.807, 2.05) is 25.1 Å². The van der Waals surface area contributed by atoms with Crippen LogP contribution in [0.2, 0.25) is 0 Å². The fraction of sp³-hybridized carbons (Fsp3) is 0.300. The van der Waals surface area contributed by atoms with E-state index in [9.17, 15) is 9.59 Å². The Labute approximate surface area is 167 Å². The lowest BCUT2D eigenvalue weighted by Crippen LogP contribution is -2.41. The van der Waals surface area contributed by atoms with E-state index in [1.54, 1.807) is 30.3 Å². The SMILES string of the molecule is CCCN(CC(=O)Nc1ccccc1OC)C(=O)COc1ccc(Br)cc1. The quantitative estimate of drug-likeness (QED) is 0.652. The van der Waals surface area contributed by atoms with Crippen LogP contribution in [0, 0.1) is 0 Å². The Balaban J connectivity index is 1.93. The standard InChI is InChI=1S/C20H23BrN2O4/c1-3-12-23(20(25)14-27-16-10-8-15(21)9-11-16)13-19(24)22-17-6-4-5-7-18(17)26-2/h4-11H,3,12-14H2,1-2H3,(H,22,24). The number of nitrogens with zero attached hydrogens (tertiary/aromatic N) is 1. The summed E-state index contributed by atoms with van der Waals surface area (Å²) in [4.78, 5) is 26.3. The maximum absolute atomic E-state index is 12.5. The molecule has 0 heterocycles. The van der Waals surface area contributed by atoms with Gasteiger partial charge < -0.3 is 19.7 Å². The van der Waals surface area contributed by atoms with Gasteiger partial charge in [0.1, 0.15) is 11.5 Å². The van der Waals surface area contributed by atoms with Crippen molar-refractivity contribution in [2.45, 2.75) is 13.3 Å². The molecule has 1 N–H and O–H groups in total. The molecule has 0 aliphatic rings. The highest BCUT2D eigenvalue weighted by Gasteiger charge is 2.18. The van der Waals surface area contributed by atoms with Crippen LogP contribution in [-0.4, -0.2) is 43.5 Å². The minimum absolute atomic E-state index is 0.0472. The average molecular weight is 435 g/mol. The number of amides is 2. The van der Waals surface area contributed by atoms with Gasteiger partial charge in [0.25, 0.3) is 5.91 Å². The van der Waals surface area contributed by atoms with E-state index >= 15 is 0 Å². The third kappa shape index (κ3) is 6.60. The Morgan fingerprint density at radius 2 is 1.81 bits per heavy atom. The van der Waals surface area contributed by atoms with E-state index in [4.69, 9.17) is 9.47 Å². The third-order valence-corrected chi connectivity index (χ3v) is 4.27. The van der Waals surface area contributed by atoms with Crippen LogP contribution in [0.15, 0.2) is 53.0 Å². The Morgan fingerprint density at radius 1 is 1.11 bits per heavy atom. The number of carbonyl (C=O) groups is 2. The van der Waals surface area contributed by atoms with Crippen LogP contribution >= 0.6 is 15.9 Å². The van der Waals surface area contributed by atoms with Gasteiger partial charge in [0.2, 0.25) is 5.91 Å². The molecule has 0 spiro atoms. The highest BCUT2D eigenvalue weighted by atomic mass is 79.9. The molecule has 0 atom stereocenters. The van der Waals surface area contributed by atoms with E-state index in [0.29, 0.717) is 23.7 Å². The predicted octanol–water partition coefficient (Wildman–Crippen LogP) is 3.71. The first-order valence-corrected chi connectivity index (χ1v) is 9.41. The fourth-order valence-corrected chi connectivity index (χ4v) is 2.70. The predicted molar refractivity (Wildman–Crippen MR) is 108 cm³/mol. The van der Waals surface area contributed by atoms with Crippen molar-refractivity contribution in [3.05, 3.63) is 53.0 Å². The second kappa shape index (κ2) is 10.6. The molecule has 7 heteroatoms. The lowest BCUT2D eigenvalue weighted by molar-refractivity contribution is -0.136. The zero-order valence-electron chi connectivity index (χ0n) is 15.4. The molecule has 0 unspecified atom stereocenters. The van der Waals surface area contributed by atoms with Gasteiger partial charge in [-0.25, -0.2) is 0 Å². The van der Waals surface area contributed by atoms with Crippen molar-refractivity contribution in [3.63, 3.8) is 0 Å². The summed E-state index contributed by atoms with van der Waals surface area (Å²) in [7, 11) is 1.54. The molecule has 0 fully saturated rings. The number of halogens is 1. The summed E-state index contributed by atoms with van der Waals surface area (Å²) in [5.41, 5.74) is 0.569. The Bertz CT molecular complexity index is 765. The molecule has 6 nitrogen and oxygen atoms in total. The van der Waals surface area contributed by atoms with Gasteiger partial charge in [-0.05, 0) is 42.8 Å². The molecular weight excluding hydrogens is 412 g/mol. The molecule has 0 aliphatic carbocycles. The molecule has 2 amide bonds. The molecule has 0 bridgehead atoms. The number of ether oxygens (including phenoxy) is 2. The first kappa shape index (κ1) is 20.8. The van der Waals surface area contributed by atoms with Crippen LogP contribution in [0.1, 0.15) is 13.3 Å². The number of hydrogen-bond acceptors (Lipinski definition) is 4. The van der Waals surface area contributed by atoms with Crippen LogP contribution in [0.4, 0.5) is 5.69 Å². The molecule has 0 saturated heterocycles. The Morgan fingerprint density at radius 3 is 2.48 bits per heavy atom. The third-order valence-electron chi connectivity index (χ3n) is 3.74. The van der Waals surface area contributed by atoms with Gasteiger partial charge in [-0.15, -0.1) is 0 Å². The molecule has 2 aromatic rings. The van der Waals surface area contributed by atoms with Crippen molar-refractivity contribution < 1.29 is 19.1 Å². The monoisotopic (exact) mass is 434 g/mol. The number of benzene rings is 2. The van der Waals surface area contributed by atoms with Crippen LogP contribution in [0.25, 0.3) is 0 Å². The minimum Gasteiger partial charge on any atom is -0.495 e. The summed E-state index contributed by atoms with van der Waals surface area (Å²) in [6.45, 7) is 2.26. The van der Waals surface area contributed by atoms with Gasteiger partial charge in [-0.3, -0.25) is 9.59 Å². The molecule has 0 radical (unpaired) electrons. The van der Waals surface area contributed by atoms with Crippen LogP contribution in [0.3, 0.4) is 0 Å². The maximum Gasteiger partial charge on any atom is 0.260 e. The highest BCUT2D eigenvalue weighted by Crippen LogP contribution is 2.23. The fourth-order valence-electron chi connectivity index (χ4n) is 2.44. The molecule has 27 heavy (non-hydrogen) atoms. The van der Waals surface area contributed by atoms with Gasteiger partial charge in [-0.1, -0.05) is 35.0 Å². The van der Waals surface area contributed by atoms with Crippen LogP contribution in [0.5, 0.6) is 11.5 Å². The lowest BCUT2D eigenvalue weighted by Gasteiger charge is -2.22. The maximum atomic E-state index is 12.5. The van der Waals surface area contributed by atoms with Gasteiger partial charge in [0.05, 0.1) is 19.3 Å². The molecule has 0 aliphatic heterocycles. The molecular formula is C20H23BrN2O4. The zero-order chi connectivity index (χ0) is 19.6. The zero-order valence-corrected chi connectivity index (χ0v) is 17.0. The number of methoxy groups -OCH3 is 1. The van der Waals surface area contributed by atoms with E-state index in [-0.39, 0.29) is 25.0 Å². The van der Waals surface area contributed by atoms with Crippen molar-refractivity contribution in [3.8, 4) is 11.5 Å².